The molecule has 2 heterocycles. The van der Waals surface area contributed by atoms with Gasteiger partial charge < -0.3 is 9.47 Å². The van der Waals surface area contributed by atoms with Gasteiger partial charge in [-0.15, -0.1) is 0 Å². The lowest BCUT2D eigenvalue weighted by Gasteiger charge is -2.26. The largest absolute Gasteiger partial charge is 0.346 e. The van der Waals surface area contributed by atoms with Gasteiger partial charge in [0.05, 0.1) is 12.7 Å². The molecule has 3 heteroatoms. The van der Waals surface area contributed by atoms with Crippen molar-refractivity contribution in [1.82, 2.24) is 4.90 Å². The van der Waals surface area contributed by atoms with Crippen molar-refractivity contribution in [2.75, 3.05) is 19.7 Å². The van der Waals surface area contributed by atoms with E-state index in [1.54, 1.807) is 0 Å². The molecule has 2 aliphatic rings. The van der Waals surface area contributed by atoms with Crippen LogP contribution in [0.2, 0.25) is 0 Å². The molecule has 0 spiro atoms. The maximum Gasteiger partial charge on any atom is 0.184 e. The van der Waals surface area contributed by atoms with Crippen LogP contribution in [-0.2, 0) is 16.0 Å². The van der Waals surface area contributed by atoms with Crippen LogP contribution in [0, 0.1) is 0 Å². The molecule has 0 aromatic heterocycles. The van der Waals surface area contributed by atoms with Crippen LogP contribution in [0.1, 0.15) is 43.6 Å². The minimum Gasteiger partial charge on any atom is -0.346 e. The van der Waals surface area contributed by atoms with E-state index in [9.17, 15) is 0 Å². The van der Waals surface area contributed by atoms with E-state index in [-0.39, 0.29) is 12.4 Å². The summed E-state index contributed by atoms with van der Waals surface area (Å²) in [7, 11) is 0. The number of piperidine rings is 1. The van der Waals surface area contributed by atoms with Crippen molar-refractivity contribution in [2.45, 2.75) is 45.1 Å². The van der Waals surface area contributed by atoms with E-state index in [0.717, 1.165) is 12.1 Å². The fraction of sp³-hybridized carbons (Fsp3) is 0.625. The molecule has 0 aliphatic carbocycles. The van der Waals surface area contributed by atoms with E-state index >= 15 is 0 Å². The third kappa shape index (κ3) is 3.35. The first-order chi connectivity index (χ1) is 9.31. The van der Waals surface area contributed by atoms with Gasteiger partial charge in [0.25, 0.3) is 0 Å². The van der Waals surface area contributed by atoms with Crippen molar-refractivity contribution in [3.05, 3.63) is 35.4 Å². The summed E-state index contributed by atoms with van der Waals surface area (Å²) in [5, 5.41) is 0. The maximum absolute atomic E-state index is 5.70. The molecule has 0 saturated carbocycles. The van der Waals surface area contributed by atoms with Gasteiger partial charge in [0, 0.05) is 12.1 Å². The summed E-state index contributed by atoms with van der Waals surface area (Å²) in [6.07, 6.45) is 4.13. The van der Waals surface area contributed by atoms with Gasteiger partial charge in [-0.1, -0.05) is 30.7 Å². The van der Waals surface area contributed by atoms with Gasteiger partial charge in [-0.2, -0.15) is 0 Å². The Balaban J connectivity index is 1.59. The highest BCUT2D eigenvalue weighted by atomic mass is 16.7. The van der Waals surface area contributed by atoms with E-state index in [2.05, 4.69) is 29.2 Å². The first kappa shape index (κ1) is 13.1. The molecule has 0 amide bonds. The highest BCUT2D eigenvalue weighted by Gasteiger charge is 2.23. The zero-order chi connectivity index (χ0) is 13.1. The van der Waals surface area contributed by atoms with Gasteiger partial charge >= 0.3 is 0 Å². The average Bonchev–Trinajstić information content (AvgIpc) is 2.87. The lowest BCUT2D eigenvalue weighted by molar-refractivity contribution is -0.0572. The van der Waals surface area contributed by atoms with Crippen molar-refractivity contribution in [2.24, 2.45) is 0 Å². The molecular weight excluding hydrogens is 238 g/mol. The van der Waals surface area contributed by atoms with E-state index in [4.69, 9.17) is 9.47 Å². The van der Waals surface area contributed by atoms with Crippen LogP contribution < -0.4 is 0 Å². The van der Waals surface area contributed by atoms with Crippen molar-refractivity contribution in [1.29, 1.82) is 0 Å². The monoisotopic (exact) mass is 261 g/mol. The summed E-state index contributed by atoms with van der Waals surface area (Å²) in [5.74, 6) is 0. The number of benzene rings is 1. The molecule has 104 valence electrons. The Morgan fingerprint density at radius 2 is 1.84 bits per heavy atom. The summed E-state index contributed by atoms with van der Waals surface area (Å²) in [5.41, 5.74) is 2.52. The molecule has 3 nitrogen and oxygen atoms in total. The van der Waals surface area contributed by atoms with Crippen LogP contribution in [0.15, 0.2) is 24.3 Å². The van der Waals surface area contributed by atoms with Gasteiger partial charge in [-0.05, 0) is 38.4 Å². The number of ether oxygens (including phenoxy) is 2. The molecule has 3 rings (SSSR count). The zero-order valence-electron chi connectivity index (χ0n) is 11.7. The van der Waals surface area contributed by atoms with Gasteiger partial charge in [0.15, 0.2) is 6.29 Å². The fourth-order valence-corrected chi connectivity index (χ4v) is 2.84. The van der Waals surface area contributed by atoms with Crippen LogP contribution >= 0.6 is 0 Å². The number of hydrogen-bond acceptors (Lipinski definition) is 3. The third-order valence-electron chi connectivity index (χ3n) is 3.94. The second-order valence-electron chi connectivity index (χ2n) is 5.69. The molecule has 0 bridgehead atoms. The molecule has 2 unspecified atom stereocenters. The molecule has 1 aromatic carbocycles. The summed E-state index contributed by atoms with van der Waals surface area (Å²) >= 11 is 0. The first-order valence-corrected chi connectivity index (χ1v) is 7.39. The Morgan fingerprint density at radius 3 is 2.47 bits per heavy atom. The quantitative estimate of drug-likeness (QED) is 0.834. The molecule has 2 fully saturated rings. The predicted molar refractivity (Wildman–Crippen MR) is 74.8 cm³/mol. The van der Waals surface area contributed by atoms with Gasteiger partial charge in [-0.25, -0.2) is 0 Å². The standard InChI is InChI=1S/C16H23NO2/c1-13-12-18-16(19-13)15-7-5-14(6-8-15)11-17-9-3-2-4-10-17/h5-8,13,16H,2-4,9-12H2,1H3. The summed E-state index contributed by atoms with van der Waals surface area (Å²) in [6, 6.07) is 8.70. The van der Waals surface area contributed by atoms with Crippen LogP contribution in [0.25, 0.3) is 0 Å². The molecule has 19 heavy (non-hydrogen) atoms. The highest BCUT2D eigenvalue weighted by molar-refractivity contribution is 5.23. The topological polar surface area (TPSA) is 21.7 Å². The first-order valence-electron chi connectivity index (χ1n) is 7.39. The molecule has 0 N–H and O–H groups in total. The molecule has 1 aromatic rings. The second-order valence-corrected chi connectivity index (χ2v) is 5.69. The fourth-order valence-electron chi connectivity index (χ4n) is 2.84. The van der Waals surface area contributed by atoms with Crippen LogP contribution in [-0.4, -0.2) is 30.7 Å². The predicted octanol–water partition coefficient (Wildman–Crippen LogP) is 3.11. The SMILES string of the molecule is CC1COC(c2ccc(CN3CCCCC3)cc2)O1. The van der Waals surface area contributed by atoms with Crippen LogP contribution in [0.5, 0.6) is 0 Å². The van der Waals surface area contributed by atoms with Crippen LogP contribution in [0.3, 0.4) is 0 Å². The average molecular weight is 261 g/mol. The normalized spacial score (nSPS) is 28.7. The van der Waals surface area contributed by atoms with E-state index < -0.39 is 0 Å². The number of nitrogens with zero attached hydrogens (tertiary/aromatic N) is 1. The Bertz CT molecular complexity index is 398. The Hall–Kier alpha value is -0.900. The maximum atomic E-state index is 5.70. The third-order valence-corrected chi connectivity index (χ3v) is 3.94. The minimum atomic E-state index is -0.168. The Labute approximate surface area is 115 Å². The smallest absolute Gasteiger partial charge is 0.184 e. The van der Waals surface area contributed by atoms with E-state index in [1.165, 1.54) is 37.9 Å². The molecule has 2 saturated heterocycles. The summed E-state index contributed by atoms with van der Waals surface area (Å²) in [6.45, 7) is 6.30. The second kappa shape index (κ2) is 6.04. The molecule has 2 atom stereocenters. The molecule has 2 aliphatic heterocycles. The zero-order valence-corrected chi connectivity index (χ0v) is 11.7. The number of hydrogen-bond donors (Lipinski definition) is 0. The number of rotatable bonds is 3. The van der Waals surface area contributed by atoms with Crippen molar-refractivity contribution in [3.8, 4) is 0 Å². The molecular formula is C16H23NO2. The van der Waals surface area contributed by atoms with Gasteiger partial charge in [0.1, 0.15) is 0 Å². The lowest BCUT2D eigenvalue weighted by atomic mass is 10.1. The van der Waals surface area contributed by atoms with Crippen molar-refractivity contribution in [3.63, 3.8) is 0 Å². The van der Waals surface area contributed by atoms with Crippen molar-refractivity contribution >= 4 is 0 Å². The van der Waals surface area contributed by atoms with Crippen LogP contribution in [0.4, 0.5) is 0 Å². The Kier molecular flexibility index (Phi) is 4.16. The van der Waals surface area contributed by atoms with E-state index in [0.29, 0.717) is 6.61 Å². The van der Waals surface area contributed by atoms with Gasteiger partial charge in [0.2, 0.25) is 0 Å². The number of likely N-dealkylation sites (tertiary alicyclic amines) is 1. The van der Waals surface area contributed by atoms with E-state index in [1.807, 2.05) is 6.92 Å². The summed E-state index contributed by atoms with van der Waals surface area (Å²) in [4.78, 5) is 2.54. The minimum absolute atomic E-state index is 0.168. The highest BCUT2D eigenvalue weighted by Crippen LogP contribution is 2.27. The summed E-state index contributed by atoms with van der Waals surface area (Å²) < 4.78 is 11.3. The molecule has 0 radical (unpaired) electrons. The van der Waals surface area contributed by atoms with Crippen molar-refractivity contribution < 1.29 is 9.47 Å². The van der Waals surface area contributed by atoms with Gasteiger partial charge in [-0.3, -0.25) is 4.90 Å². The lowest BCUT2D eigenvalue weighted by Crippen LogP contribution is -2.29. The Morgan fingerprint density at radius 1 is 1.11 bits per heavy atom.